The van der Waals surface area contributed by atoms with Gasteiger partial charge in [-0.25, -0.2) is 4.98 Å². The van der Waals surface area contributed by atoms with E-state index < -0.39 is 0 Å². The van der Waals surface area contributed by atoms with Crippen LogP contribution in [0, 0.1) is 0 Å². The first-order valence-electron chi connectivity index (χ1n) is 6.23. The summed E-state index contributed by atoms with van der Waals surface area (Å²) in [5.74, 6) is 0.875. The van der Waals surface area contributed by atoms with Gasteiger partial charge in [0.2, 0.25) is 0 Å². The van der Waals surface area contributed by atoms with Gasteiger partial charge < -0.3 is 10.5 Å². The van der Waals surface area contributed by atoms with E-state index >= 15 is 0 Å². The quantitative estimate of drug-likeness (QED) is 0.892. The maximum absolute atomic E-state index is 6.01. The molecule has 0 spiro atoms. The van der Waals surface area contributed by atoms with E-state index in [1.807, 2.05) is 24.3 Å². The molecule has 18 heavy (non-hydrogen) atoms. The fourth-order valence-corrected chi connectivity index (χ4v) is 2.48. The molecule has 96 valence electrons. The molecule has 0 fully saturated rings. The normalized spacial score (nSPS) is 10.6. The maximum Gasteiger partial charge on any atom is 0.119 e. The van der Waals surface area contributed by atoms with Crippen molar-refractivity contribution >= 4 is 16.3 Å². The summed E-state index contributed by atoms with van der Waals surface area (Å²) in [6.07, 6.45) is 1.92. The van der Waals surface area contributed by atoms with Gasteiger partial charge in [-0.1, -0.05) is 26.0 Å². The smallest absolute Gasteiger partial charge is 0.119 e. The zero-order valence-electron chi connectivity index (χ0n) is 10.8. The van der Waals surface area contributed by atoms with E-state index in [9.17, 15) is 0 Å². The van der Waals surface area contributed by atoms with Crippen LogP contribution >= 0.6 is 11.3 Å². The van der Waals surface area contributed by atoms with Gasteiger partial charge in [0.1, 0.15) is 16.4 Å². The molecule has 0 aliphatic rings. The Morgan fingerprint density at radius 3 is 2.83 bits per heavy atom. The van der Waals surface area contributed by atoms with Crippen molar-refractivity contribution in [1.29, 1.82) is 0 Å². The first kappa shape index (κ1) is 12.9. The number of benzene rings is 1. The Balaban J connectivity index is 2.29. The minimum atomic E-state index is 0.732. The van der Waals surface area contributed by atoms with Crippen molar-refractivity contribution in [1.82, 2.24) is 4.98 Å². The van der Waals surface area contributed by atoms with Crippen molar-refractivity contribution in [2.45, 2.75) is 26.7 Å². The van der Waals surface area contributed by atoms with Crippen LogP contribution < -0.4 is 10.5 Å². The average Bonchev–Trinajstić information content (AvgIpc) is 2.78. The number of aromatic nitrogens is 1. The zero-order chi connectivity index (χ0) is 13.0. The number of hydrogen-bond acceptors (Lipinski definition) is 4. The number of ether oxygens (including phenoxy) is 1. The summed E-state index contributed by atoms with van der Waals surface area (Å²) in [5.41, 5.74) is 7.91. The highest BCUT2D eigenvalue weighted by molar-refractivity contribution is 7.16. The largest absolute Gasteiger partial charge is 0.494 e. The Morgan fingerprint density at radius 1 is 1.33 bits per heavy atom. The van der Waals surface area contributed by atoms with Crippen LogP contribution in [0.2, 0.25) is 0 Å². The molecule has 0 saturated carbocycles. The molecule has 0 atom stereocenters. The predicted octanol–water partition coefficient (Wildman–Crippen LogP) is 3.74. The number of hydrogen-bond donors (Lipinski definition) is 1. The number of nitrogens with zero attached hydrogens (tertiary/aromatic N) is 1. The van der Waals surface area contributed by atoms with Gasteiger partial charge in [-0.3, -0.25) is 0 Å². The highest BCUT2D eigenvalue weighted by atomic mass is 32.1. The first-order valence-corrected chi connectivity index (χ1v) is 7.04. The van der Waals surface area contributed by atoms with Crippen LogP contribution in [0.1, 0.15) is 25.3 Å². The van der Waals surface area contributed by atoms with Gasteiger partial charge in [-0.2, -0.15) is 0 Å². The number of anilines is 1. The van der Waals surface area contributed by atoms with E-state index in [2.05, 4.69) is 18.8 Å². The number of thiazole rings is 1. The summed E-state index contributed by atoms with van der Waals surface area (Å²) in [6.45, 7) is 4.91. The highest BCUT2D eigenvalue weighted by Gasteiger charge is 2.10. The summed E-state index contributed by atoms with van der Waals surface area (Å²) in [5, 5.41) is 1.85. The van der Waals surface area contributed by atoms with E-state index in [1.54, 1.807) is 11.3 Å². The van der Waals surface area contributed by atoms with Gasteiger partial charge in [-0.05, 0) is 25.0 Å². The molecular formula is C14H18N2OS. The lowest BCUT2D eigenvalue weighted by atomic mass is 10.1. The number of nitrogens with two attached hydrogens (primary N) is 1. The Labute approximate surface area is 112 Å². The van der Waals surface area contributed by atoms with Gasteiger partial charge >= 0.3 is 0 Å². The third-order valence-corrected chi connectivity index (χ3v) is 3.61. The molecule has 1 heterocycles. The van der Waals surface area contributed by atoms with E-state index in [0.29, 0.717) is 0 Å². The molecule has 1 aromatic heterocycles. The molecular weight excluding hydrogens is 244 g/mol. The molecule has 0 saturated heterocycles. The van der Waals surface area contributed by atoms with Crippen LogP contribution in [0.4, 0.5) is 5.00 Å². The van der Waals surface area contributed by atoms with Crippen molar-refractivity contribution in [3.05, 3.63) is 29.3 Å². The summed E-state index contributed by atoms with van der Waals surface area (Å²) in [4.78, 5) is 4.56. The molecule has 0 aliphatic heterocycles. The number of aryl methyl sites for hydroxylation is 1. The summed E-state index contributed by atoms with van der Waals surface area (Å²) < 4.78 is 5.63. The van der Waals surface area contributed by atoms with Crippen molar-refractivity contribution in [2.24, 2.45) is 0 Å². The Bertz CT molecular complexity index is 522. The Kier molecular flexibility index (Phi) is 4.20. The third kappa shape index (κ3) is 2.82. The third-order valence-electron chi connectivity index (χ3n) is 2.58. The van der Waals surface area contributed by atoms with Crippen molar-refractivity contribution < 1.29 is 4.74 Å². The first-order chi connectivity index (χ1) is 8.74. The van der Waals surface area contributed by atoms with Crippen LogP contribution in [0.5, 0.6) is 5.75 Å². The molecule has 2 aromatic rings. The van der Waals surface area contributed by atoms with Crippen LogP contribution in [0.15, 0.2) is 24.3 Å². The highest BCUT2D eigenvalue weighted by Crippen LogP contribution is 2.32. The van der Waals surface area contributed by atoms with Gasteiger partial charge in [0, 0.05) is 5.56 Å². The molecule has 2 N–H and O–H groups in total. The van der Waals surface area contributed by atoms with E-state index in [1.165, 1.54) is 0 Å². The summed E-state index contributed by atoms with van der Waals surface area (Å²) in [7, 11) is 0. The van der Waals surface area contributed by atoms with Gasteiger partial charge in [0.25, 0.3) is 0 Å². The van der Waals surface area contributed by atoms with Gasteiger partial charge in [-0.15, -0.1) is 11.3 Å². The average molecular weight is 262 g/mol. The lowest BCUT2D eigenvalue weighted by Crippen LogP contribution is -1.95. The second-order valence-electron chi connectivity index (χ2n) is 4.05. The standard InChI is InChI=1S/C14H18N2OS/c1-3-8-17-11-7-5-6-10(9-11)13-14(15)18-12(4-2)16-13/h5-7,9H,3-4,8,15H2,1-2H3. The zero-order valence-corrected chi connectivity index (χ0v) is 11.6. The number of nitrogen functional groups attached to an aromatic ring is 1. The van der Waals surface area contributed by atoms with Crippen LogP contribution in [-0.2, 0) is 6.42 Å². The monoisotopic (exact) mass is 262 g/mol. The van der Waals surface area contributed by atoms with Crippen molar-refractivity contribution in [3.63, 3.8) is 0 Å². The molecule has 0 unspecified atom stereocenters. The lowest BCUT2D eigenvalue weighted by molar-refractivity contribution is 0.317. The summed E-state index contributed by atoms with van der Waals surface area (Å²) >= 11 is 1.56. The molecule has 4 heteroatoms. The fraction of sp³-hybridized carbons (Fsp3) is 0.357. The van der Waals surface area contributed by atoms with Gasteiger partial charge in [0.05, 0.1) is 11.6 Å². The van der Waals surface area contributed by atoms with Crippen LogP contribution in [0.3, 0.4) is 0 Å². The van der Waals surface area contributed by atoms with Crippen LogP contribution in [-0.4, -0.2) is 11.6 Å². The van der Waals surface area contributed by atoms with E-state index in [0.717, 1.165) is 46.5 Å². The van der Waals surface area contributed by atoms with Crippen LogP contribution in [0.25, 0.3) is 11.3 Å². The SMILES string of the molecule is CCCOc1cccc(-c2nc(CC)sc2N)c1. The molecule has 0 bridgehead atoms. The minimum Gasteiger partial charge on any atom is -0.494 e. The predicted molar refractivity (Wildman–Crippen MR) is 77.1 cm³/mol. The molecule has 3 nitrogen and oxygen atoms in total. The summed E-state index contributed by atoms with van der Waals surface area (Å²) in [6, 6.07) is 7.96. The topological polar surface area (TPSA) is 48.1 Å². The van der Waals surface area contributed by atoms with E-state index in [4.69, 9.17) is 10.5 Å². The Hall–Kier alpha value is -1.55. The maximum atomic E-state index is 6.01. The minimum absolute atomic E-state index is 0.732. The van der Waals surface area contributed by atoms with Crippen molar-refractivity contribution in [3.8, 4) is 17.0 Å². The lowest BCUT2D eigenvalue weighted by Gasteiger charge is -2.06. The van der Waals surface area contributed by atoms with Crippen molar-refractivity contribution in [2.75, 3.05) is 12.3 Å². The molecule has 0 amide bonds. The molecule has 2 rings (SSSR count). The van der Waals surface area contributed by atoms with E-state index in [-0.39, 0.29) is 0 Å². The Morgan fingerprint density at radius 2 is 2.17 bits per heavy atom. The molecule has 0 aliphatic carbocycles. The molecule has 0 radical (unpaired) electrons. The number of rotatable bonds is 5. The molecule has 1 aromatic carbocycles. The van der Waals surface area contributed by atoms with Gasteiger partial charge in [0.15, 0.2) is 0 Å². The fourth-order valence-electron chi connectivity index (χ4n) is 1.69. The second kappa shape index (κ2) is 5.87. The second-order valence-corrected chi connectivity index (χ2v) is 5.17.